The van der Waals surface area contributed by atoms with Gasteiger partial charge in [-0.05, 0) is 30.7 Å². The molecule has 0 aliphatic carbocycles. The van der Waals surface area contributed by atoms with Crippen molar-refractivity contribution in [3.05, 3.63) is 75.2 Å². The average molecular weight is 433 g/mol. The summed E-state index contributed by atoms with van der Waals surface area (Å²) in [5.74, 6) is 0.488. The van der Waals surface area contributed by atoms with Gasteiger partial charge in [0.2, 0.25) is 11.8 Å². The summed E-state index contributed by atoms with van der Waals surface area (Å²) in [7, 11) is 1.54. The van der Waals surface area contributed by atoms with E-state index in [1.54, 1.807) is 24.3 Å². The molecule has 0 fully saturated rings. The quantitative estimate of drug-likeness (QED) is 0.442. The zero-order valence-electron chi connectivity index (χ0n) is 17.3. The molecule has 0 radical (unpaired) electrons. The molecular weight excluding hydrogens is 414 g/mol. The van der Waals surface area contributed by atoms with E-state index in [9.17, 15) is 15.4 Å². The number of nitro groups is 1. The number of nitro benzene ring substituents is 1. The van der Waals surface area contributed by atoms with E-state index in [0.29, 0.717) is 40.5 Å². The second-order valence-electron chi connectivity index (χ2n) is 6.89. The Hall–Kier alpha value is -4.52. The fourth-order valence-corrected chi connectivity index (χ4v) is 3.71. The van der Waals surface area contributed by atoms with Crippen LogP contribution in [0.3, 0.4) is 0 Å². The summed E-state index contributed by atoms with van der Waals surface area (Å²) < 4.78 is 16.6. The van der Waals surface area contributed by atoms with E-state index in [-0.39, 0.29) is 23.0 Å². The smallest absolute Gasteiger partial charge is 0.269 e. The number of non-ortho nitro benzene ring substituents is 1. The highest BCUT2D eigenvalue weighted by Gasteiger charge is 2.36. The first kappa shape index (κ1) is 20.7. The third-order valence-electron chi connectivity index (χ3n) is 5.11. The van der Waals surface area contributed by atoms with E-state index in [1.807, 2.05) is 13.0 Å². The Morgan fingerprint density at radius 3 is 2.81 bits per heavy atom. The van der Waals surface area contributed by atoms with Crippen LogP contribution in [0.1, 0.15) is 24.0 Å². The highest BCUT2D eigenvalue weighted by Crippen LogP contribution is 2.46. The lowest BCUT2D eigenvalue weighted by atomic mass is 9.83. The second-order valence-corrected chi connectivity index (χ2v) is 6.89. The number of nitriles is 1. The van der Waals surface area contributed by atoms with Gasteiger partial charge in [0.25, 0.3) is 5.69 Å². The van der Waals surface area contributed by atoms with Crippen molar-refractivity contribution in [2.75, 3.05) is 13.7 Å². The van der Waals surface area contributed by atoms with Gasteiger partial charge in [0.05, 0.1) is 35.8 Å². The van der Waals surface area contributed by atoms with E-state index in [2.05, 4.69) is 16.3 Å². The predicted octanol–water partition coefficient (Wildman–Crippen LogP) is 3.61. The number of allylic oxidation sites excluding steroid dienone is 1. The summed E-state index contributed by atoms with van der Waals surface area (Å²) in [6.07, 6.45) is 0. The van der Waals surface area contributed by atoms with Gasteiger partial charge in [-0.1, -0.05) is 12.1 Å². The van der Waals surface area contributed by atoms with Crippen molar-refractivity contribution >= 4 is 5.69 Å². The molecule has 0 saturated heterocycles. The molecule has 2 heterocycles. The van der Waals surface area contributed by atoms with Crippen LogP contribution in [0.25, 0.3) is 11.3 Å². The highest BCUT2D eigenvalue weighted by molar-refractivity contribution is 5.73. The second kappa shape index (κ2) is 8.31. The van der Waals surface area contributed by atoms with E-state index in [1.165, 1.54) is 19.2 Å². The first-order valence-electron chi connectivity index (χ1n) is 9.69. The number of methoxy groups -OCH3 is 1. The molecule has 32 heavy (non-hydrogen) atoms. The minimum atomic E-state index is -0.713. The number of H-pyrrole nitrogens is 1. The van der Waals surface area contributed by atoms with Crippen molar-refractivity contribution in [3.63, 3.8) is 0 Å². The van der Waals surface area contributed by atoms with Gasteiger partial charge >= 0.3 is 0 Å². The molecule has 162 valence electrons. The van der Waals surface area contributed by atoms with E-state index in [4.69, 9.17) is 19.9 Å². The van der Waals surface area contributed by atoms with Crippen molar-refractivity contribution in [1.29, 1.82) is 5.26 Å². The Morgan fingerprint density at radius 1 is 1.31 bits per heavy atom. The zero-order chi connectivity index (χ0) is 22.8. The number of aromatic nitrogens is 2. The molecule has 0 spiro atoms. The zero-order valence-corrected chi connectivity index (χ0v) is 17.3. The van der Waals surface area contributed by atoms with Crippen LogP contribution in [0.5, 0.6) is 17.4 Å². The van der Waals surface area contributed by atoms with Gasteiger partial charge in [0.1, 0.15) is 11.6 Å². The molecule has 10 heteroatoms. The van der Waals surface area contributed by atoms with Gasteiger partial charge in [-0.25, -0.2) is 0 Å². The van der Waals surface area contributed by atoms with Gasteiger partial charge < -0.3 is 19.9 Å². The molecule has 0 saturated carbocycles. The maximum absolute atomic E-state index is 11.3. The lowest BCUT2D eigenvalue weighted by Gasteiger charge is -2.24. The Labute approximate surface area is 183 Å². The van der Waals surface area contributed by atoms with Crippen LogP contribution in [0, 0.1) is 21.4 Å². The number of nitrogens with zero attached hydrogens (tertiary/aromatic N) is 3. The molecule has 2 aromatic carbocycles. The molecule has 3 aromatic rings. The molecular formula is C22H19N5O5. The number of nitrogens with one attached hydrogen (secondary N) is 1. The minimum absolute atomic E-state index is 0.0980. The number of rotatable bonds is 6. The molecule has 1 aromatic heterocycles. The summed E-state index contributed by atoms with van der Waals surface area (Å²) >= 11 is 0. The monoisotopic (exact) mass is 433 g/mol. The Balaban J connectivity index is 1.91. The van der Waals surface area contributed by atoms with Gasteiger partial charge in [-0.2, -0.15) is 5.26 Å². The molecule has 0 unspecified atom stereocenters. The van der Waals surface area contributed by atoms with Gasteiger partial charge in [0, 0.05) is 17.7 Å². The molecule has 0 amide bonds. The molecule has 3 N–H and O–H groups in total. The minimum Gasteiger partial charge on any atom is -0.493 e. The Morgan fingerprint density at radius 2 is 2.12 bits per heavy atom. The summed E-state index contributed by atoms with van der Waals surface area (Å²) in [5.41, 5.74) is 8.36. The number of benzene rings is 2. The van der Waals surface area contributed by atoms with Gasteiger partial charge in [0.15, 0.2) is 11.5 Å². The molecule has 10 nitrogen and oxygen atoms in total. The van der Waals surface area contributed by atoms with Crippen molar-refractivity contribution in [2.24, 2.45) is 5.73 Å². The molecule has 1 aliphatic heterocycles. The number of fused-ring (bicyclic) bond motifs is 1. The van der Waals surface area contributed by atoms with Crippen LogP contribution in [0.4, 0.5) is 5.69 Å². The summed E-state index contributed by atoms with van der Waals surface area (Å²) in [5, 5.41) is 28.3. The van der Waals surface area contributed by atoms with Crippen LogP contribution >= 0.6 is 0 Å². The van der Waals surface area contributed by atoms with Crippen molar-refractivity contribution < 1.29 is 19.1 Å². The average Bonchev–Trinajstić information content (AvgIpc) is 3.21. The van der Waals surface area contributed by atoms with Crippen LogP contribution in [-0.4, -0.2) is 28.8 Å². The Kier molecular flexibility index (Phi) is 5.39. The number of ether oxygens (including phenoxy) is 3. The largest absolute Gasteiger partial charge is 0.493 e. The Bertz CT molecular complexity index is 1270. The normalized spacial score (nSPS) is 14.8. The summed E-state index contributed by atoms with van der Waals surface area (Å²) in [6, 6.07) is 13.5. The molecule has 1 atom stereocenters. The first-order valence-corrected chi connectivity index (χ1v) is 9.69. The summed E-state index contributed by atoms with van der Waals surface area (Å²) in [6.45, 7) is 2.35. The molecule has 1 aliphatic rings. The lowest BCUT2D eigenvalue weighted by Crippen LogP contribution is -2.21. The van der Waals surface area contributed by atoms with Crippen molar-refractivity contribution in [3.8, 4) is 34.7 Å². The van der Waals surface area contributed by atoms with Gasteiger partial charge in [-0.3, -0.25) is 15.2 Å². The third kappa shape index (κ3) is 3.45. The van der Waals surface area contributed by atoms with Crippen LogP contribution in [-0.2, 0) is 0 Å². The standard InChI is InChI=1S/C22H19N5O5/c1-3-31-16-8-7-13(10-17(16)30-2)20-19-18(12-5-4-6-14(9-12)27(28)29)15(11-23)21(24)32-22(19)26-25-20/h4-10,18H,3,24H2,1-2H3,(H,25,26)/t18-/m0/s1. The van der Waals surface area contributed by atoms with Crippen LogP contribution in [0.2, 0.25) is 0 Å². The highest BCUT2D eigenvalue weighted by atomic mass is 16.6. The van der Waals surface area contributed by atoms with Crippen molar-refractivity contribution in [2.45, 2.75) is 12.8 Å². The fraction of sp³-hybridized carbons (Fsp3) is 0.182. The number of aromatic amines is 1. The van der Waals surface area contributed by atoms with E-state index in [0.717, 1.165) is 0 Å². The lowest BCUT2D eigenvalue weighted by molar-refractivity contribution is -0.384. The summed E-state index contributed by atoms with van der Waals surface area (Å²) in [4.78, 5) is 10.8. The molecule has 4 rings (SSSR count). The van der Waals surface area contributed by atoms with Crippen LogP contribution in [0.15, 0.2) is 53.9 Å². The maximum Gasteiger partial charge on any atom is 0.269 e. The third-order valence-corrected chi connectivity index (χ3v) is 5.11. The maximum atomic E-state index is 11.3. The van der Waals surface area contributed by atoms with Gasteiger partial charge in [-0.15, -0.1) is 5.10 Å². The number of nitrogens with two attached hydrogens (primary N) is 1. The van der Waals surface area contributed by atoms with E-state index >= 15 is 0 Å². The SMILES string of the molecule is CCOc1ccc(-c2[nH]nc3c2[C@@H](c2cccc([N+](=O)[O-])c2)C(C#N)=C(N)O3)cc1OC. The van der Waals surface area contributed by atoms with E-state index < -0.39 is 10.8 Å². The fourth-order valence-electron chi connectivity index (χ4n) is 3.71. The number of hydrogen-bond acceptors (Lipinski definition) is 8. The molecule has 0 bridgehead atoms. The number of hydrogen-bond donors (Lipinski definition) is 2. The topological polar surface area (TPSA) is 149 Å². The van der Waals surface area contributed by atoms with Crippen LogP contribution < -0.4 is 19.9 Å². The first-order chi connectivity index (χ1) is 15.5. The predicted molar refractivity (Wildman–Crippen MR) is 114 cm³/mol. The van der Waals surface area contributed by atoms with Crippen molar-refractivity contribution in [1.82, 2.24) is 10.2 Å².